The monoisotopic (exact) mass is 485 g/mol. The molecule has 4 rings (SSSR count). The van der Waals surface area contributed by atoms with Crippen LogP contribution in [0.15, 0.2) is 41.8 Å². The summed E-state index contributed by atoms with van der Waals surface area (Å²) in [5.74, 6) is 1.09. The zero-order valence-electron chi connectivity index (χ0n) is 21.0. The van der Waals surface area contributed by atoms with Crippen LogP contribution in [0.5, 0.6) is 5.75 Å². The second kappa shape index (κ2) is 11.2. The molecular formula is C27H39N3O3S. The first-order chi connectivity index (χ1) is 16.4. The molecule has 1 spiro atoms. The Morgan fingerprint density at radius 1 is 1.21 bits per heavy atom. The molecule has 34 heavy (non-hydrogen) atoms. The molecule has 2 aliphatic rings. The third-order valence-corrected chi connectivity index (χ3v) is 8.02. The number of hydrogen-bond donors (Lipinski definition) is 1. The normalized spacial score (nSPS) is 21.9. The van der Waals surface area contributed by atoms with E-state index in [1.807, 2.05) is 18.9 Å². The molecule has 2 aliphatic heterocycles. The van der Waals surface area contributed by atoms with Crippen molar-refractivity contribution >= 4 is 17.2 Å². The summed E-state index contributed by atoms with van der Waals surface area (Å²) in [5.41, 5.74) is 1.00. The number of piperidine rings is 1. The molecule has 1 aromatic carbocycles. The molecule has 7 heteroatoms. The van der Waals surface area contributed by atoms with E-state index in [4.69, 9.17) is 9.47 Å². The van der Waals surface area contributed by atoms with Gasteiger partial charge in [0.15, 0.2) is 0 Å². The topological polar surface area (TPSA) is 54.0 Å². The molecule has 2 atom stereocenters. The van der Waals surface area contributed by atoms with Crippen molar-refractivity contribution in [2.24, 2.45) is 0 Å². The fraction of sp³-hybridized carbons (Fsp3) is 0.593. The average molecular weight is 486 g/mol. The van der Waals surface area contributed by atoms with E-state index in [-0.39, 0.29) is 29.8 Å². The number of hydrogen-bond acceptors (Lipinski definition) is 6. The summed E-state index contributed by atoms with van der Waals surface area (Å²) in [5, 5.41) is 5.36. The maximum absolute atomic E-state index is 12.5. The zero-order valence-corrected chi connectivity index (χ0v) is 21.8. The van der Waals surface area contributed by atoms with Crippen LogP contribution in [-0.4, -0.2) is 66.7 Å². The number of carbonyl (C=O) groups excluding carboxylic acids is 1. The highest BCUT2D eigenvalue weighted by Crippen LogP contribution is 2.35. The van der Waals surface area contributed by atoms with Gasteiger partial charge in [0.05, 0.1) is 12.1 Å². The highest BCUT2D eigenvalue weighted by Gasteiger charge is 2.45. The van der Waals surface area contributed by atoms with Gasteiger partial charge in [-0.2, -0.15) is 0 Å². The fourth-order valence-electron chi connectivity index (χ4n) is 5.07. The summed E-state index contributed by atoms with van der Waals surface area (Å²) in [7, 11) is 1.98. The number of nitrogens with one attached hydrogen (secondary N) is 1. The van der Waals surface area contributed by atoms with Crippen LogP contribution in [0.2, 0.25) is 0 Å². The first kappa shape index (κ1) is 25.2. The molecule has 186 valence electrons. The Kier molecular flexibility index (Phi) is 8.30. The van der Waals surface area contributed by atoms with Crippen molar-refractivity contribution in [3.63, 3.8) is 0 Å². The van der Waals surface area contributed by atoms with Crippen molar-refractivity contribution in [2.45, 2.75) is 70.4 Å². The molecule has 1 N–H and O–H groups in total. The summed E-state index contributed by atoms with van der Waals surface area (Å²) in [6.45, 7) is 10.5. The predicted octanol–water partition coefficient (Wildman–Crippen LogP) is 4.47. The van der Waals surface area contributed by atoms with Crippen LogP contribution < -0.4 is 10.1 Å². The average Bonchev–Trinajstić information content (AvgIpc) is 3.36. The highest BCUT2D eigenvalue weighted by atomic mass is 32.1. The van der Waals surface area contributed by atoms with Gasteiger partial charge in [-0.3, -0.25) is 9.69 Å². The van der Waals surface area contributed by atoms with Crippen LogP contribution in [0, 0.1) is 0 Å². The van der Waals surface area contributed by atoms with E-state index in [0.717, 1.165) is 51.2 Å². The minimum absolute atomic E-state index is 0.0508. The van der Waals surface area contributed by atoms with Crippen LogP contribution in [0.25, 0.3) is 0 Å². The molecule has 3 heterocycles. The maximum Gasteiger partial charge on any atom is 0.251 e. The van der Waals surface area contributed by atoms with Crippen molar-refractivity contribution in [3.8, 4) is 5.75 Å². The molecule has 1 amide bonds. The molecule has 0 bridgehead atoms. The number of carbonyl (C=O) groups is 1. The SMILES string of the molecule is CNCC[C@@H](Oc1ccccc1CN1CCC2(CC1)CN(C(C)C)C(=O)[C@@H](C)O2)c1cccs1. The summed E-state index contributed by atoms with van der Waals surface area (Å²) >= 11 is 1.75. The second-order valence-electron chi connectivity index (χ2n) is 9.90. The Morgan fingerprint density at radius 3 is 2.65 bits per heavy atom. The number of morpholine rings is 1. The zero-order chi connectivity index (χ0) is 24.1. The maximum atomic E-state index is 12.5. The van der Waals surface area contributed by atoms with Gasteiger partial charge in [0, 0.05) is 42.5 Å². The van der Waals surface area contributed by atoms with E-state index in [2.05, 4.69) is 65.8 Å². The minimum atomic E-state index is -0.358. The first-order valence-corrected chi connectivity index (χ1v) is 13.4. The van der Waals surface area contributed by atoms with E-state index in [0.29, 0.717) is 6.54 Å². The first-order valence-electron chi connectivity index (χ1n) is 12.5. The number of ether oxygens (including phenoxy) is 2. The Bertz CT molecular complexity index is 925. The van der Waals surface area contributed by atoms with Gasteiger partial charge in [-0.15, -0.1) is 11.3 Å². The number of para-hydroxylation sites is 1. The van der Waals surface area contributed by atoms with E-state index in [1.54, 1.807) is 11.3 Å². The molecule has 2 saturated heterocycles. The summed E-state index contributed by atoms with van der Waals surface area (Å²) < 4.78 is 12.9. The summed E-state index contributed by atoms with van der Waals surface area (Å²) in [6, 6.07) is 12.9. The molecule has 0 saturated carbocycles. The van der Waals surface area contributed by atoms with Crippen LogP contribution >= 0.6 is 11.3 Å². The molecule has 0 unspecified atom stereocenters. The molecule has 0 aliphatic carbocycles. The molecule has 6 nitrogen and oxygen atoms in total. The van der Waals surface area contributed by atoms with Crippen molar-refractivity contribution < 1.29 is 14.3 Å². The van der Waals surface area contributed by atoms with E-state index < -0.39 is 0 Å². The van der Waals surface area contributed by atoms with Crippen molar-refractivity contribution in [1.29, 1.82) is 0 Å². The third kappa shape index (κ3) is 5.82. The Hall–Kier alpha value is -1.93. The summed E-state index contributed by atoms with van der Waals surface area (Å²) in [4.78, 5) is 18.3. The number of benzene rings is 1. The van der Waals surface area contributed by atoms with E-state index >= 15 is 0 Å². The van der Waals surface area contributed by atoms with Gasteiger partial charge in [0.25, 0.3) is 5.91 Å². The number of nitrogens with zero attached hydrogens (tertiary/aromatic N) is 2. The second-order valence-corrected chi connectivity index (χ2v) is 10.9. The summed E-state index contributed by atoms with van der Waals surface area (Å²) in [6.07, 6.45) is 2.50. The predicted molar refractivity (Wildman–Crippen MR) is 137 cm³/mol. The Morgan fingerprint density at radius 2 is 1.97 bits per heavy atom. The van der Waals surface area contributed by atoms with Gasteiger partial charge in [-0.1, -0.05) is 24.3 Å². The lowest BCUT2D eigenvalue weighted by Crippen LogP contribution is -2.62. The van der Waals surface area contributed by atoms with Crippen molar-refractivity contribution in [3.05, 3.63) is 52.2 Å². The van der Waals surface area contributed by atoms with E-state index in [1.165, 1.54) is 10.4 Å². The lowest BCUT2D eigenvalue weighted by Gasteiger charge is -2.50. The number of likely N-dealkylation sites (tertiary alicyclic amines) is 1. The largest absolute Gasteiger partial charge is 0.485 e. The van der Waals surface area contributed by atoms with Crippen LogP contribution in [0.1, 0.15) is 56.6 Å². The van der Waals surface area contributed by atoms with Gasteiger partial charge in [-0.05, 0) is 64.7 Å². The van der Waals surface area contributed by atoms with Crippen LogP contribution in [0.3, 0.4) is 0 Å². The van der Waals surface area contributed by atoms with E-state index in [9.17, 15) is 4.79 Å². The number of amides is 1. The van der Waals surface area contributed by atoms with Crippen LogP contribution in [-0.2, 0) is 16.1 Å². The van der Waals surface area contributed by atoms with Gasteiger partial charge in [0.2, 0.25) is 0 Å². The third-order valence-electron chi connectivity index (χ3n) is 7.06. The molecular weight excluding hydrogens is 446 g/mol. The quantitative estimate of drug-likeness (QED) is 0.568. The molecule has 2 fully saturated rings. The van der Waals surface area contributed by atoms with Crippen molar-refractivity contribution in [1.82, 2.24) is 15.1 Å². The van der Waals surface area contributed by atoms with Crippen molar-refractivity contribution in [2.75, 3.05) is 33.2 Å². The van der Waals surface area contributed by atoms with Crippen LogP contribution in [0.4, 0.5) is 0 Å². The standard InChI is InChI=1S/C27H39N3O3S/c1-20(2)30-19-27(33-21(3)26(30)31)12-15-29(16-13-27)18-22-8-5-6-9-23(22)32-24(11-14-28-4)25-10-7-17-34-25/h5-10,17,20-21,24,28H,11-16,18-19H2,1-4H3/t21-,24-/m1/s1. The van der Waals surface area contributed by atoms with Gasteiger partial charge in [-0.25, -0.2) is 0 Å². The number of rotatable bonds is 9. The molecule has 0 radical (unpaired) electrons. The van der Waals surface area contributed by atoms with Gasteiger partial charge in [0.1, 0.15) is 18.0 Å². The lowest BCUT2D eigenvalue weighted by atomic mass is 9.87. The minimum Gasteiger partial charge on any atom is -0.485 e. The molecule has 1 aromatic heterocycles. The Labute approximate surface area is 208 Å². The highest BCUT2D eigenvalue weighted by molar-refractivity contribution is 7.10. The Balaban J connectivity index is 1.41. The smallest absolute Gasteiger partial charge is 0.251 e. The van der Waals surface area contributed by atoms with Gasteiger partial charge < -0.3 is 19.7 Å². The molecule has 2 aromatic rings. The van der Waals surface area contributed by atoms with Gasteiger partial charge >= 0.3 is 0 Å². The number of thiophene rings is 1. The fourth-order valence-corrected chi connectivity index (χ4v) is 5.86. The lowest BCUT2D eigenvalue weighted by molar-refractivity contribution is -0.193.